The van der Waals surface area contributed by atoms with Crippen LogP contribution < -0.4 is 10.2 Å². The van der Waals surface area contributed by atoms with Crippen molar-refractivity contribution in [2.24, 2.45) is 5.92 Å². The van der Waals surface area contributed by atoms with Crippen LogP contribution in [0.3, 0.4) is 0 Å². The van der Waals surface area contributed by atoms with E-state index in [4.69, 9.17) is 0 Å². The van der Waals surface area contributed by atoms with Crippen molar-refractivity contribution in [2.75, 3.05) is 18.0 Å². The number of aryl methyl sites for hydroxylation is 1. The lowest BCUT2D eigenvalue weighted by atomic mass is 9.96. The highest BCUT2D eigenvalue weighted by atomic mass is 32.1. The Morgan fingerprint density at radius 2 is 2.23 bits per heavy atom. The Kier molecular flexibility index (Phi) is 4.62. The highest BCUT2D eigenvalue weighted by Crippen LogP contribution is 2.25. The summed E-state index contributed by atoms with van der Waals surface area (Å²) in [5.41, 5.74) is 1.03. The standard InChI is InChI=1S/C15H19N5OS/c1-11-18-19-15(22-11)20-7-4-13(5-8-20)14(21)17-10-12-3-2-6-16-9-12/h2-3,6,9,13H,4-5,7-8,10H2,1H3,(H,17,21). The minimum absolute atomic E-state index is 0.0851. The topological polar surface area (TPSA) is 71.0 Å². The molecule has 1 saturated heterocycles. The summed E-state index contributed by atoms with van der Waals surface area (Å²) in [5, 5.41) is 13.2. The zero-order valence-corrected chi connectivity index (χ0v) is 13.3. The van der Waals surface area contributed by atoms with Gasteiger partial charge in [0.1, 0.15) is 5.01 Å². The van der Waals surface area contributed by atoms with Crippen molar-refractivity contribution in [3.63, 3.8) is 0 Å². The Labute approximate surface area is 133 Å². The number of piperidine rings is 1. The highest BCUT2D eigenvalue weighted by Gasteiger charge is 2.26. The maximum Gasteiger partial charge on any atom is 0.223 e. The van der Waals surface area contributed by atoms with Gasteiger partial charge in [-0.25, -0.2) is 0 Å². The molecule has 0 saturated carbocycles. The van der Waals surface area contributed by atoms with Gasteiger partial charge in [-0.15, -0.1) is 10.2 Å². The second-order valence-corrected chi connectivity index (χ2v) is 6.60. The van der Waals surface area contributed by atoms with Gasteiger partial charge in [0.2, 0.25) is 11.0 Å². The van der Waals surface area contributed by atoms with Crippen LogP contribution in [0.1, 0.15) is 23.4 Å². The molecule has 0 spiro atoms. The molecule has 0 bridgehead atoms. The maximum absolute atomic E-state index is 12.2. The van der Waals surface area contributed by atoms with Crippen LogP contribution in [0.25, 0.3) is 0 Å². The van der Waals surface area contributed by atoms with Gasteiger partial charge in [-0.1, -0.05) is 17.4 Å². The van der Waals surface area contributed by atoms with Gasteiger partial charge in [0.25, 0.3) is 0 Å². The molecule has 7 heteroatoms. The zero-order valence-electron chi connectivity index (χ0n) is 12.5. The number of carbonyl (C=O) groups is 1. The van der Waals surface area contributed by atoms with E-state index in [0.717, 1.165) is 41.6 Å². The number of hydrogen-bond acceptors (Lipinski definition) is 6. The summed E-state index contributed by atoms with van der Waals surface area (Å²) in [6.45, 7) is 4.22. The summed E-state index contributed by atoms with van der Waals surface area (Å²) in [6.07, 6.45) is 5.23. The first-order chi connectivity index (χ1) is 10.7. The molecule has 1 N–H and O–H groups in total. The third-order valence-corrected chi connectivity index (χ3v) is 4.74. The van der Waals surface area contributed by atoms with Gasteiger partial charge in [-0.05, 0) is 31.4 Å². The number of pyridine rings is 1. The number of nitrogens with zero attached hydrogens (tertiary/aromatic N) is 4. The number of anilines is 1. The van der Waals surface area contributed by atoms with Crippen molar-refractivity contribution in [2.45, 2.75) is 26.3 Å². The summed E-state index contributed by atoms with van der Waals surface area (Å²) < 4.78 is 0. The molecule has 0 radical (unpaired) electrons. The van der Waals surface area contributed by atoms with Crippen molar-refractivity contribution in [3.8, 4) is 0 Å². The second kappa shape index (κ2) is 6.83. The van der Waals surface area contributed by atoms with Crippen LogP contribution in [-0.2, 0) is 11.3 Å². The Hall–Kier alpha value is -2.02. The predicted octanol–water partition coefficient (Wildman–Crippen LogP) is 1.77. The molecule has 0 unspecified atom stereocenters. The molecule has 2 aromatic heterocycles. The molecule has 1 aliphatic heterocycles. The summed E-state index contributed by atoms with van der Waals surface area (Å²) in [7, 11) is 0. The van der Waals surface area contributed by atoms with Crippen LogP contribution in [0.4, 0.5) is 5.13 Å². The van der Waals surface area contributed by atoms with Crippen LogP contribution in [0, 0.1) is 12.8 Å². The maximum atomic E-state index is 12.2. The molecular formula is C15H19N5OS. The molecule has 3 rings (SSSR count). The van der Waals surface area contributed by atoms with Crippen LogP contribution in [0.5, 0.6) is 0 Å². The van der Waals surface area contributed by atoms with Crippen molar-refractivity contribution in [3.05, 3.63) is 35.1 Å². The van der Waals surface area contributed by atoms with Crippen molar-refractivity contribution >= 4 is 22.4 Å². The van der Waals surface area contributed by atoms with Gasteiger partial charge in [-0.3, -0.25) is 9.78 Å². The molecule has 6 nitrogen and oxygen atoms in total. The molecule has 0 aromatic carbocycles. The fourth-order valence-electron chi connectivity index (χ4n) is 2.58. The van der Waals surface area contributed by atoms with E-state index in [1.807, 2.05) is 19.1 Å². The van der Waals surface area contributed by atoms with Gasteiger partial charge < -0.3 is 10.2 Å². The van der Waals surface area contributed by atoms with E-state index in [1.165, 1.54) is 0 Å². The molecule has 22 heavy (non-hydrogen) atoms. The first-order valence-electron chi connectivity index (χ1n) is 7.44. The first kappa shape index (κ1) is 14.9. The van der Waals surface area contributed by atoms with Crippen molar-refractivity contribution < 1.29 is 4.79 Å². The average Bonchev–Trinajstić information content (AvgIpc) is 3.00. The molecule has 0 atom stereocenters. The molecule has 1 amide bonds. The normalized spacial score (nSPS) is 15.8. The van der Waals surface area contributed by atoms with Gasteiger partial charge in [0.15, 0.2) is 0 Å². The molecular weight excluding hydrogens is 298 g/mol. The number of rotatable bonds is 4. The number of carbonyl (C=O) groups excluding carboxylic acids is 1. The Morgan fingerprint density at radius 1 is 1.41 bits per heavy atom. The molecule has 0 aliphatic carbocycles. The minimum Gasteiger partial charge on any atom is -0.352 e. The lowest BCUT2D eigenvalue weighted by molar-refractivity contribution is -0.125. The number of aromatic nitrogens is 3. The van der Waals surface area contributed by atoms with Crippen molar-refractivity contribution in [1.29, 1.82) is 0 Å². The number of amides is 1. The van der Waals surface area contributed by atoms with E-state index in [-0.39, 0.29) is 11.8 Å². The quantitative estimate of drug-likeness (QED) is 0.930. The summed E-state index contributed by atoms with van der Waals surface area (Å²) in [4.78, 5) is 18.5. The third-order valence-electron chi connectivity index (χ3n) is 3.84. The van der Waals surface area contributed by atoms with Crippen LogP contribution in [0.2, 0.25) is 0 Å². The van der Waals surface area contributed by atoms with E-state index in [0.29, 0.717) is 6.54 Å². The second-order valence-electron chi connectivity index (χ2n) is 5.44. The largest absolute Gasteiger partial charge is 0.352 e. The fraction of sp³-hybridized carbons (Fsp3) is 0.467. The lowest BCUT2D eigenvalue weighted by Gasteiger charge is -2.30. The number of nitrogens with one attached hydrogen (secondary N) is 1. The summed E-state index contributed by atoms with van der Waals surface area (Å²) >= 11 is 1.61. The highest BCUT2D eigenvalue weighted by molar-refractivity contribution is 7.15. The molecule has 1 fully saturated rings. The predicted molar refractivity (Wildman–Crippen MR) is 85.7 cm³/mol. The molecule has 3 heterocycles. The fourth-order valence-corrected chi connectivity index (χ4v) is 3.32. The van der Waals surface area contributed by atoms with Gasteiger partial charge in [0.05, 0.1) is 0 Å². The van der Waals surface area contributed by atoms with Gasteiger partial charge in [-0.2, -0.15) is 0 Å². The lowest BCUT2D eigenvalue weighted by Crippen LogP contribution is -2.40. The Balaban J connectivity index is 1.47. The smallest absolute Gasteiger partial charge is 0.223 e. The van der Waals surface area contributed by atoms with E-state index < -0.39 is 0 Å². The molecule has 116 valence electrons. The zero-order chi connectivity index (χ0) is 15.4. The molecule has 1 aliphatic rings. The van der Waals surface area contributed by atoms with Crippen LogP contribution >= 0.6 is 11.3 Å². The van der Waals surface area contributed by atoms with E-state index in [1.54, 1.807) is 23.7 Å². The first-order valence-corrected chi connectivity index (χ1v) is 8.25. The molecule has 2 aromatic rings. The van der Waals surface area contributed by atoms with Gasteiger partial charge >= 0.3 is 0 Å². The number of hydrogen-bond donors (Lipinski definition) is 1. The van der Waals surface area contributed by atoms with Crippen LogP contribution in [0.15, 0.2) is 24.5 Å². The minimum atomic E-state index is 0.0851. The van der Waals surface area contributed by atoms with Crippen molar-refractivity contribution in [1.82, 2.24) is 20.5 Å². The third kappa shape index (κ3) is 3.59. The summed E-state index contributed by atoms with van der Waals surface area (Å²) in [6, 6.07) is 3.84. The van der Waals surface area contributed by atoms with E-state index in [2.05, 4.69) is 25.4 Å². The van der Waals surface area contributed by atoms with E-state index in [9.17, 15) is 4.79 Å². The average molecular weight is 317 g/mol. The van der Waals surface area contributed by atoms with Crippen LogP contribution in [-0.4, -0.2) is 34.2 Å². The Morgan fingerprint density at radius 3 is 2.86 bits per heavy atom. The van der Waals surface area contributed by atoms with E-state index >= 15 is 0 Å². The summed E-state index contributed by atoms with van der Waals surface area (Å²) in [5.74, 6) is 0.221. The van der Waals surface area contributed by atoms with Gasteiger partial charge in [0, 0.05) is 37.9 Å². The monoisotopic (exact) mass is 317 g/mol. The Bertz CT molecular complexity index is 622. The SMILES string of the molecule is Cc1nnc(N2CCC(C(=O)NCc3cccnc3)CC2)s1.